The van der Waals surface area contributed by atoms with Crippen LogP contribution < -0.4 is 0 Å². The Morgan fingerprint density at radius 2 is 1.47 bits per heavy atom. The summed E-state index contributed by atoms with van der Waals surface area (Å²) in [6.45, 7) is 4.25. The molecule has 0 radical (unpaired) electrons. The van der Waals surface area contributed by atoms with E-state index in [9.17, 15) is 10.2 Å². The lowest BCUT2D eigenvalue weighted by Crippen LogP contribution is -2.59. The number of benzene rings is 2. The minimum absolute atomic E-state index is 0.338. The van der Waals surface area contributed by atoms with Gasteiger partial charge in [0.25, 0.3) is 0 Å². The van der Waals surface area contributed by atoms with Crippen molar-refractivity contribution in [3.05, 3.63) is 84.1 Å². The molecule has 1 aliphatic rings. The van der Waals surface area contributed by atoms with E-state index in [-0.39, 0.29) is 6.61 Å². The average molecular weight is 524 g/mol. The number of aliphatic imine (C=N–C) groups is 1. The van der Waals surface area contributed by atoms with Gasteiger partial charge in [0.1, 0.15) is 24.4 Å². The molecule has 0 bridgehead atoms. The summed E-state index contributed by atoms with van der Waals surface area (Å²) < 4.78 is 18.2. The minimum Gasteiger partial charge on any atom is -0.470 e. The highest BCUT2D eigenvalue weighted by Gasteiger charge is 2.47. The van der Waals surface area contributed by atoms with Gasteiger partial charge in [-0.25, -0.2) is 0 Å². The molecule has 1 heterocycles. The molecule has 38 heavy (non-hydrogen) atoms. The smallest absolute Gasteiger partial charge is 0.224 e. The van der Waals surface area contributed by atoms with Gasteiger partial charge in [-0.1, -0.05) is 119 Å². The summed E-state index contributed by atoms with van der Waals surface area (Å²) in [6, 6.07) is 19.3. The van der Waals surface area contributed by atoms with Gasteiger partial charge in [-0.3, -0.25) is 4.99 Å². The Morgan fingerprint density at radius 1 is 0.895 bits per heavy atom. The zero-order valence-electron chi connectivity index (χ0n) is 23.0. The van der Waals surface area contributed by atoms with Gasteiger partial charge in [0, 0.05) is 17.7 Å². The van der Waals surface area contributed by atoms with E-state index < -0.39 is 30.6 Å². The maximum atomic E-state index is 11.2. The zero-order chi connectivity index (χ0) is 27.0. The first-order chi connectivity index (χ1) is 18.7. The van der Waals surface area contributed by atoms with E-state index in [1.54, 1.807) is 12.3 Å². The van der Waals surface area contributed by atoms with Crippen molar-refractivity contribution in [3.63, 3.8) is 0 Å². The Labute approximate surface area is 228 Å². The molecule has 6 nitrogen and oxygen atoms in total. The predicted molar refractivity (Wildman–Crippen MR) is 152 cm³/mol. The van der Waals surface area contributed by atoms with Crippen LogP contribution in [-0.4, -0.2) is 59.8 Å². The van der Waals surface area contributed by atoms with Crippen LogP contribution in [0.3, 0.4) is 0 Å². The van der Waals surface area contributed by atoms with Crippen molar-refractivity contribution < 1.29 is 24.4 Å². The SMILES string of the molecule is CC=CO[C@H]1O[C@H](CO)[C@@H](O)[C@H](OCCCCCCCCCC)[C@H]1N=C(c1ccccc1)c1ccccc1. The summed E-state index contributed by atoms with van der Waals surface area (Å²) in [5.41, 5.74) is 2.66. The molecular weight excluding hydrogens is 478 g/mol. The summed E-state index contributed by atoms with van der Waals surface area (Å²) in [4.78, 5) is 5.13. The van der Waals surface area contributed by atoms with Gasteiger partial charge in [-0.2, -0.15) is 0 Å². The number of allylic oxidation sites excluding steroid dienone is 1. The molecule has 0 aromatic heterocycles. The van der Waals surface area contributed by atoms with E-state index in [1.165, 1.54) is 38.5 Å². The van der Waals surface area contributed by atoms with Crippen molar-refractivity contribution >= 4 is 5.71 Å². The van der Waals surface area contributed by atoms with Gasteiger partial charge in [-0.05, 0) is 13.3 Å². The van der Waals surface area contributed by atoms with Gasteiger partial charge in [-0.15, -0.1) is 0 Å². The largest absolute Gasteiger partial charge is 0.470 e. The van der Waals surface area contributed by atoms with Crippen molar-refractivity contribution in [1.29, 1.82) is 0 Å². The third-order valence-corrected chi connectivity index (χ3v) is 6.85. The maximum absolute atomic E-state index is 11.2. The molecule has 3 rings (SSSR count). The monoisotopic (exact) mass is 523 g/mol. The Bertz CT molecular complexity index is 907. The molecule has 2 N–H and O–H groups in total. The molecule has 0 spiro atoms. The average Bonchev–Trinajstić information content (AvgIpc) is 2.96. The fourth-order valence-electron chi connectivity index (χ4n) is 4.77. The van der Waals surface area contributed by atoms with Crippen LogP contribution in [-0.2, 0) is 14.2 Å². The highest BCUT2D eigenvalue weighted by molar-refractivity contribution is 6.13. The summed E-state index contributed by atoms with van der Waals surface area (Å²) in [7, 11) is 0. The second kappa shape index (κ2) is 17.2. The van der Waals surface area contributed by atoms with Gasteiger partial charge in [0.2, 0.25) is 6.29 Å². The molecule has 5 atom stereocenters. The van der Waals surface area contributed by atoms with Crippen LogP contribution in [0.25, 0.3) is 0 Å². The summed E-state index contributed by atoms with van der Waals surface area (Å²) in [5.74, 6) is 0. The lowest BCUT2D eigenvalue weighted by molar-refractivity contribution is -0.258. The van der Waals surface area contributed by atoms with Gasteiger partial charge in [0.05, 0.1) is 18.6 Å². The molecule has 0 amide bonds. The second-order valence-electron chi connectivity index (χ2n) is 9.83. The van der Waals surface area contributed by atoms with E-state index in [2.05, 4.69) is 6.92 Å². The molecule has 208 valence electrons. The molecule has 1 fully saturated rings. The number of ether oxygens (including phenoxy) is 3. The zero-order valence-corrected chi connectivity index (χ0v) is 23.0. The van der Waals surface area contributed by atoms with E-state index in [0.29, 0.717) is 6.61 Å². The number of rotatable bonds is 16. The minimum atomic E-state index is -1.04. The highest BCUT2D eigenvalue weighted by atomic mass is 16.7. The summed E-state index contributed by atoms with van der Waals surface area (Å²) >= 11 is 0. The van der Waals surface area contributed by atoms with Crippen LogP contribution in [0.4, 0.5) is 0 Å². The Kier molecular flexibility index (Phi) is 13.6. The van der Waals surface area contributed by atoms with Crippen LogP contribution >= 0.6 is 0 Å². The molecule has 2 aromatic carbocycles. The second-order valence-corrected chi connectivity index (χ2v) is 9.83. The quantitative estimate of drug-likeness (QED) is 0.159. The van der Waals surface area contributed by atoms with Crippen molar-refractivity contribution in [2.75, 3.05) is 13.2 Å². The number of aliphatic hydroxyl groups is 2. The first-order valence-electron chi connectivity index (χ1n) is 14.2. The molecular formula is C32H45NO5. The highest BCUT2D eigenvalue weighted by Crippen LogP contribution is 2.29. The van der Waals surface area contributed by atoms with Crippen LogP contribution in [0.2, 0.25) is 0 Å². The first kappa shape index (κ1) is 30.0. The predicted octanol–water partition coefficient (Wildman–Crippen LogP) is 6.05. The molecule has 2 aromatic rings. The van der Waals surface area contributed by atoms with Crippen molar-refractivity contribution in [2.45, 2.75) is 95.9 Å². The van der Waals surface area contributed by atoms with E-state index in [0.717, 1.165) is 29.7 Å². The lowest BCUT2D eigenvalue weighted by atomic mass is 9.95. The van der Waals surface area contributed by atoms with E-state index in [1.807, 2.05) is 67.6 Å². The fraction of sp³-hybridized carbons (Fsp3) is 0.531. The lowest BCUT2D eigenvalue weighted by Gasteiger charge is -2.42. The first-order valence-corrected chi connectivity index (χ1v) is 14.2. The molecule has 6 heteroatoms. The van der Waals surface area contributed by atoms with E-state index in [4.69, 9.17) is 19.2 Å². The topological polar surface area (TPSA) is 80.5 Å². The maximum Gasteiger partial charge on any atom is 0.224 e. The normalized spacial score (nSPS) is 23.4. The number of aliphatic hydroxyl groups excluding tert-OH is 2. The van der Waals surface area contributed by atoms with Crippen LogP contribution in [0.15, 0.2) is 78.0 Å². The summed E-state index contributed by atoms with van der Waals surface area (Å²) in [5, 5.41) is 21.1. The van der Waals surface area contributed by atoms with Crippen LogP contribution in [0, 0.1) is 0 Å². The van der Waals surface area contributed by atoms with E-state index >= 15 is 0 Å². The molecule has 0 unspecified atom stereocenters. The van der Waals surface area contributed by atoms with Gasteiger partial charge >= 0.3 is 0 Å². The molecule has 0 saturated carbocycles. The Hall–Kier alpha value is -2.51. The van der Waals surface area contributed by atoms with Crippen LogP contribution in [0.1, 0.15) is 76.3 Å². The van der Waals surface area contributed by atoms with Crippen LogP contribution in [0.5, 0.6) is 0 Å². The van der Waals surface area contributed by atoms with Crippen molar-refractivity contribution in [2.24, 2.45) is 4.99 Å². The molecule has 0 aliphatic carbocycles. The van der Waals surface area contributed by atoms with Crippen molar-refractivity contribution in [1.82, 2.24) is 0 Å². The van der Waals surface area contributed by atoms with Gasteiger partial charge < -0.3 is 24.4 Å². The molecule has 1 saturated heterocycles. The third-order valence-electron chi connectivity index (χ3n) is 6.85. The summed E-state index contributed by atoms with van der Waals surface area (Å²) in [6.07, 6.45) is 9.53. The van der Waals surface area contributed by atoms with Crippen molar-refractivity contribution in [3.8, 4) is 0 Å². The number of unbranched alkanes of at least 4 members (excludes halogenated alkanes) is 7. The number of hydrogen-bond acceptors (Lipinski definition) is 6. The number of hydrogen-bond donors (Lipinski definition) is 2. The Morgan fingerprint density at radius 3 is 2.03 bits per heavy atom. The fourth-order valence-corrected chi connectivity index (χ4v) is 4.77. The Balaban J connectivity index is 1.83. The third kappa shape index (κ3) is 9.05. The standard InChI is InChI=1S/C32H45NO5/c1-3-5-6-7-8-9-10-17-23-36-31-29(32(37-22-4-2)38-27(24-34)30(31)35)33-28(25-18-13-11-14-19-25)26-20-15-12-16-21-26/h4,11-16,18-22,27,29-32,34-35H,3,5-10,17,23-24H2,1-2H3/t27-,29-,30-,31-,32+/m1/s1. The molecule has 1 aliphatic heterocycles. The van der Waals surface area contributed by atoms with Gasteiger partial charge in [0.15, 0.2) is 0 Å². The number of nitrogens with zero attached hydrogens (tertiary/aromatic N) is 1.